The fraction of sp³-hybridized carbons (Fsp3) is 0.333. The minimum Gasteiger partial charge on any atom is -0.496 e. The van der Waals surface area contributed by atoms with Crippen LogP contribution in [0.1, 0.15) is 31.1 Å². The van der Waals surface area contributed by atoms with E-state index in [9.17, 15) is 28.1 Å². The van der Waals surface area contributed by atoms with E-state index in [4.69, 9.17) is 9.47 Å². The fourth-order valence-corrected chi connectivity index (χ4v) is 3.75. The third-order valence-corrected chi connectivity index (χ3v) is 5.58. The summed E-state index contributed by atoms with van der Waals surface area (Å²) in [5.74, 6) is -0.601. The highest BCUT2D eigenvalue weighted by atomic mass is 32.2. The quantitative estimate of drug-likeness (QED) is 0.272. The maximum Gasteiger partial charge on any atom is 0.407 e. The summed E-state index contributed by atoms with van der Waals surface area (Å²) in [7, 11) is -2.64. The van der Waals surface area contributed by atoms with Crippen molar-refractivity contribution >= 4 is 33.4 Å². The molecule has 0 atom stereocenters. The van der Waals surface area contributed by atoms with Gasteiger partial charge in [0.1, 0.15) is 11.4 Å². The number of anilines is 1. The highest BCUT2D eigenvalue weighted by Gasteiger charge is 2.20. The van der Waals surface area contributed by atoms with Gasteiger partial charge >= 0.3 is 6.09 Å². The van der Waals surface area contributed by atoms with Gasteiger partial charge in [0.05, 0.1) is 22.5 Å². The van der Waals surface area contributed by atoms with E-state index in [1.165, 1.54) is 43.5 Å². The van der Waals surface area contributed by atoms with E-state index < -0.39 is 32.5 Å². The van der Waals surface area contributed by atoms with Crippen molar-refractivity contribution in [3.05, 3.63) is 58.1 Å². The number of hydrogen-bond acceptors (Lipinski definition) is 8. The minimum atomic E-state index is -3.95. The number of benzene rings is 2. The molecule has 0 saturated carbocycles. The van der Waals surface area contributed by atoms with Crippen molar-refractivity contribution < 1.29 is 32.4 Å². The molecule has 2 rings (SSSR count). The molecule has 184 valence electrons. The van der Waals surface area contributed by atoms with Gasteiger partial charge in [-0.1, -0.05) is 6.07 Å². The molecule has 0 aromatic heterocycles. The summed E-state index contributed by atoms with van der Waals surface area (Å²) in [6.45, 7) is 5.02. The summed E-state index contributed by atoms with van der Waals surface area (Å²) in [5, 5.41) is 16.0. The van der Waals surface area contributed by atoms with Crippen LogP contribution in [-0.4, -0.2) is 51.1 Å². The highest BCUT2D eigenvalue weighted by Crippen LogP contribution is 2.25. The van der Waals surface area contributed by atoms with Crippen LogP contribution in [0.25, 0.3) is 0 Å². The Labute approximate surface area is 196 Å². The molecule has 2 amide bonds. The molecule has 34 heavy (non-hydrogen) atoms. The number of nitrogens with zero attached hydrogens (tertiary/aromatic N) is 1. The van der Waals surface area contributed by atoms with Gasteiger partial charge in [-0.2, -0.15) is 0 Å². The zero-order valence-corrected chi connectivity index (χ0v) is 19.9. The Morgan fingerprint density at radius 2 is 1.79 bits per heavy atom. The topological polar surface area (TPSA) is 166 Å². The molecule has 2 aromatic carbocycles. The Bertz CT molecular complexity index is 1180. The second-order valence-corrected chi connectivity index (χ2v) is 9.72. The first kappa shape index (κ1) is 26.5. The number of rotatable bonds is 9. The second-order valence-electron chi connectivity index (χ2n) is 7.95. The van der Waals surface area contributed by atoms with Crippen molar-refractivity contribution in [1.82, 2.24) is 10.0 Å². The number of nitro groups is 1. The van der Waals surface area contributed by atoms with Gasteiger partial charge < -0.3 is 20.1 Å². The lowest BCUT2D eigenvalue weighted by Gasteiger charge is -2.19. The van der Waals surface area contributed by atoms with Crippen molar-refractivity contribution in [2.24, 2.45) is 0 Å². The summed E-state index contributed by atoms with van der Waals surface area (Å²) >= 11 is 0. The van der Waals surface area contributed by atoms with Crippen LogP contribution in [-0.2, 0) is 14.8 Å². The monoisotopic (exact) mass is 494 g/mol. The molecule has 0 bridgehead atoms. The van der Waals surface area contributed by atoms with Gasteiger partial charge in [0.25, 0.3) is 11.6 Å². The van der Waals surface area contributed by atoms with Crippen LogP contribution in [0.3, 0.4) is 0 Å². The smallest absolute Gasteiger partial charge is 0.407 e. The Morgan fingerprint density at radius 3 is 2.41 bits per heavy atom. The normalized spacial score (nSPS) is 11.4. The standard InChI is InChI=1S/C21H26N4O8S/c1-21(2,3)33-20(27)22-10-11-23-34(30,31)16-7-5-6-14(12-16)24-19(26)17-13-15(25(28)29)8-9-18(17)32-4/h5-9,12-13,23H,10-11H2,1-4H3,(H,22,27)(H,24,26). The van der Waals surface area contributed by atoms with Crippen LogP contribution < -0.4 is 20.1 Å². The number of nitrogens with one attached hydrogen (secondary N) is 3. The van der Waals surface area contributed by atoms with Crippen LogP contribution >= 0.6 is 0 Å². The number of carbonyl (C=O) groups excluding carboxylic acids is 2. The molecule has 0 aliphatic carbocycles. The Morgan fingerprint density at radius 1 is 1.09 bits per heavy atom. The van der Waals surface area contributed by atoms with Crippen molar-refractivity contribution in [3.63, 3.8) is 0 Å². The van der Waals surface area contributed by atoms with Crippen LogP contribution in [0, 0.1) is 10.1 Å². The van der Waals surface area contributed by atoms with Gasteiger partial charge in [-0.25, -0.2) is 17.9 Å². The molecule has 0 aliphatic rings. The number of sulfonamides is 1. The molecular formula is C21H26N4O8S. The molecule has 0 heterocycles. The average molecular weight is 495 g/mol. The van der Waals surface area contributed by atoms with E-state index in [2.05, 4.69) is 15.4 Å². The van der Waals surface area contributed by atoms with Gasteiger partial charge in [0.2, 0.25) is 10.0 Å². The van der Waals surface area contributed by atoms with Crippen molar-refractivity contribution in [2.45, 2.75) is 31.3 Å². The van der Waals surface area contributed by atoms with Crippen LogP contribution in [0.4, 0.5) is 16.2 Å². The first-order chi connectivity index (χ1) is 15.8. The molecule has 0 saturated heterocycles. The van der Waals surface area contributed by atoms with E-state index in [1.54, 1.807) is 20.8 Å². The first-order valence-corrected chi connectivity index (χ1v) is 11.5. The average Bonchev–Trinajstić information content (AvgIpc) is 2.75. The summed E-state index contributed by atoms with van der Waals surface area (Å²) in [4.78, 5) is 34.5. The van der Waals surface area contributed by atoms with Gasteiger partial charge in [-0.05, 0) is 45.0 Å². The van der Waals surface area contributed by atoms with Gasteiger partial charge in [0, 0.05) is 30.9 Å². The number of nitro benzene ring substituents is 1. The SMILES string of the molecule is COc1ccc([N+](=O)[O-])cc1C(=O)Nc1cccc(S(=O)(=O)NCCNC(=O)OC(C)(C)C)c1. The lowest BCUT2D eigenvalue weighted by atomic mass is 10.1. The molecule has 0 unspecified atom stereocenters. The van der Waals surface area contributed by atoms with Gasteiger partial charge in [0.15, 0.2) is 0 Å². The third-order valence-electron chi connectivity index (χ3n) is 4.13. The van der Waals surface area contributed by atoms with E-state index in [0.29, 0.717) is 0 Å². The highest BCUT2D eigenvalue weighted by molar-refractivity contribution is 7.89. The number of non-ortho nitro benzene ring substituents is 1. The molecule has 0 spiro atoms. The Kier molecular flexibility index (Phi) is 8.54. The first-order valence-electron chi connectivity index (χ1n) is 10.0. The maximum atomic E-state index is 12.7. The third kappa shape index (κ3) is 7.71. The van der Waals surface area contributed by atoms with Crippen molar-refractivity contribution in [3.8, 4) is 5.75 Å². The number of ether oxygens (including phenoxy) is 2. The second kappa shape index (κ2) is 10.9. The number of hydrogen-bond donors (Lipinski definition) is 3. The molecule has 0 aliphatic heterocycles. The number of alkyl carbamates (subject to hydrolysis) is 1. The van der Waals surface area contributed by atoms with Crippen LogP contribution in [0.15, 0.2) is 47.4 Å². The zero-order chi connectivity index (χ0) is 25.5. The maximum absolute atomic E-state index is 12.7. The largest absolute Gasteiger partial charge is 0.496 e. The lowest BCUT2D eigenvalue weighted by Crippen LogP contribution is -2.37. The summed E-state index contributed by atoms with van der Waals surface area (Å²) in [6, 6.07) is 9.00. The summed E-state index contributed by atoms with van der Waals surface area (Å²) in [5.41, 5.74) is -0.917. The molecular weight excluding hydrogens is 468 g/mol. The summed E-state index contributed by atoms with van der Waals surface area (Å²) < 4.78 is 37.6. The van der Waals surface area contributed by atoms with Gasteiger partial charge in [-0.15, -0.1) is 0 Å². The van der Waals surface area contributed by atoms with E-state index in [0.717, 1.165) is 6.07 Å². The van der Waals surface area contributed by atoms with Crippen molar-refractivity contribution in [1.29, 1.82) is 0 Å². The number of carbonyl (C=O) groups is 2. The molecule has 3 N–H and O–H groups in total. The van der Waals surface area contributed by atoms with Crippen LogP contribution in [0.2, 0.25) is 0 Å². The number of amides is 2. The Hall–Kier alpha value is -3.71. The van der Waals surface area contributed by atoms with E-state index in [-0.39, 0.29) is 40.7 Å². The van der Waals surface area contributed by atoms with E-state index in [1.807, 2.05) is 0 Å². The summed E-state index contributed by atoms with van der Waals surface area (Å²) in [6.07, 6.45) is -0.673. The van der Waals surface area contributed by atoms with Crippen molar-refractivity contribution in [2.75, 3.05) is 25.5 Å². The minimum absolute atomic E-state index is 0.00283. The zero-order valence-electron chi connectivity index (χ0n) is 19.1. The molecule has 0 radical (unpaired) electrons. The fourth-order valence-electron chi connectivity index (χ4n) is 2.67. The molecule has 0 fully saturated rings. The number of methoxy groups -OCH3 is 1. The van der Waals surface area contributed by atoms with Gasteiger partial charge in [-0.3, -0.25) is 14.9 Å². The van der Waals surface area contributed by atoms with Crippen LogP contribution in [0.5, 0.6) is 5.75 Å². The Balaban J connectivity index is 2.07. The molecule has 13 heteroatoms. The molecule has 12 nitrogen and oxygen atoms in total. The predicted octanol–water partition coefficient (Wildman–Crippen LogP) is 2.66. The predicted molar refractivity (Wildman–Crippen MR) is 123 cm³/mol. The van der Waals surface area contributed by atoms with E-state index >= 15 is 0 Å². The lowest BCUT2D eigenvalue weighted by molar-refractivity contribution is -0.384. The molecule has 2 aromatic rings.